The number of hydrogen-bond acceptors (Lipinski definition) is 3. The molecule has 0 radical (unpaired) electrons. The summed E-state index contributed by atoms with van der Waals surface area (Å²) in [7, 11) is 0. The van der Waals surface area contributed by atoms with E-state index in [1.165, 1.54) is 0 Å². The summed E-state index contributed by atoms with van der Waals surface area (Å²) in [6, 6.07) is 15.9. The minimum Gasteiger partial charge on any atom is -0.494 e. The number of rotatable bonds is 9. The molecule has 0 aliphatic rings. The van der Waals surface area contributed by atoms with E-state index < -0.39 is 0 Å². The van der Waals surface area contributed by atoms with E-state index >= 15 is 0 Å². The van der Waals surface area contributed by atoms with Gasteiger partial charge < -0.3 is 20.7 Å². The molecule has 0 aromatic heterocycles. The lowest BCUT2D eigenvalue weighted by molar-refractivity contribution is -0.120. The molecule has 1 amide bonds. The number of carbonyl (C=O) groups is 1. The lowest BCUT2D eigenvalue weighted by Crippen LogP contribution is -2.43. The summed E-state index contributed by atoms with van der Waals surface area (Å²) in [6.07, 6.45) is 0. The van der Waals surface area contributed by atoms with Crippen molar-refractivity contribution in [1.29, 1.82) is 0 Å². The third kappa shape index (κ3) is 7.31. The minimum absolute atomic E-state index is 0.0835. The standard InChI is InChI=1S/C22H30N4O2/c1-4-23-22(25-15-19-12-11-17(3)13-20(19)28-5-2)26-16-21(27)24-14-18-9-7-6-8-10-18/h6-13H,4-5,14-16H2,1-3H3,(H,24,27)(H2,23,25,26). The predicted octanol–water partition coefficient (Wildman–Crippen LogP) is 2.77. The molecule has 0 aliphatic carbocycles. The number of guanidine groups is 1. The summed E-state index contributed by atoms with van der Waals surface area (Å²) in [5.41, 5.74) is 3.23. The molecule has 150 valence electrons. The molecule has 6 nitrogen and oxygen atoms in total. The number of nitrogens with one attached hydrogen (secondary N) is 3. The Balaban J connectivity index is 1.90. The molecule has 0 aliphatic heterocycles. The summed E-state index contributed by atoms with van der Waals surface area (Å²) >= 11 is 0. The van der Waals surface area contributed by atoms with E-state index in [0.717, 1.165) is 22.4 Å². The van der Waals surface area contributed by atoms with Crippen molar-refractivity contribution < 1.29 is 9.53 Å². The van der Waals surface area contributed by atoms with Crippen LogP contribution in [-0.2, 0) is 17.9 Å². The van der Waals surface area contributed by atoms with Crippen molar-refractivity contribution in [1.82, 2.24) is 16.0 Å². The van der Waals surface area contributed by atoms with E-state index in [0.29, 0.717) is 32.2 Å². The molecule has 6 heteroatoms. The Morgan fingerprint density at radius 1 is 1.04 bits per heavy atom. The van der Waals surface area contributed by atoms with Crippen LogP contribution in [0.25, 0.3) is 0 Å². The molecule has 0 saturated heterocycles. The lowest BCUT2D eigenvalue weighted by Gasteiger charge is -2.13. The third-order valence-corrected chi connectivity index (χ3v) is 4.02. The zero-order valence-electron chi connectivity index (χ0n) is 16.9. The number of amides is 1. The van der Waals surface area contributed by atoms with Gasteiger partial charge >= 0.3 is 0 Å². The topological polar surface area (TPSA) is 74.8 Å². The van der Waals surface area contributed by atoms with Crippen LogP contribution in [0, 0.1) is 6.92 Å². The van der Waals surface area contributed by atoms with Gasteiger partial charge in [-0.1, -0.05) is 42.5 Å². The fraction of sp³-hybridized carbons (Fsp3) is 0.364. The third-order valence-electron chi connectivity index (χ3n) is 4.02. The van der Waals surface area contributed by atoms with E-state index in [-0.39, 0.29) is 12.5 Å². The zero-order valence-corrected chi connectivity index (χ0v) is 16.9. The Morgan fingerprint density at radius 3 is 2.54 bits per heavy atom. The molecular formula is C22H30N4O2. The predicted molar refractivity (Wildman–Crippen MR) is 113 cm³/mol. The van der Waals surface area contributed by atoms with Gasteiger partial charge in [0.2, 0.25) is 5.91 Å². The first kappa shape index (κ1) is 21.3. The van der Waals surface area contributed by atoms with Crippen LogP contribution in [0.3, 0.4) is 0 Å². The van der Waals surface area contributed by atoms with Crippen molar-refractivity contribution in [2.75, 3.05) is 19.7 Å². The highest BCUT2D eigenvalue weighted by atomic mass is 16.5. The second-order valence-corrected chi connectivity index (χ2v) is 6.36. The first-order valence-corrected chi connectivity index (χ1v) is 9.67. The first-order chi connectivity index (χ1) is 13.6. The van der Waals surface area contributed by atoms with E-state index in [1.54, 1.807) is 0 Å². The van der Waals surface area contributed by atoms with E-state index in [1.807, 2.05) is 69.3 Å². The van der Waals surface area contributed by atoms with Crippen LogP contribution in [0.2, 0.25) is 0 Å². The minimum atomic E-state index is -0.0835. The van der Waals surface area contributed by atoms with Crippen molar-refractivity contribution in [2.45, 2.75) is 33.9 Å². The maximum atomic E-state index is 12.1. The largest absolute Gasteiger partial charge is 0.494 e. The van der Waals surface area contributed by atoms with E-state index in [2.05, 4.69) is 20.9 Å². The van der Waals surface area contributed by atoms with Crippen LogP contribution < -0.4 is 20.7 Å². The molecule has 0 spiro atoms. The molecule has 0 saturated carbocycles. The number of hydrogen-bond donors (Lipinski definition) is 3. The molecule has 0 unspecified atom stereocenters. The van der Waals surface area contributed by atoms with Gasteiger partial charge in [-0.2, -0.15) is 0 Å². The van der Waals surface area contributed by atoms with Gasteiger partial charge in [-0.05, 0) is 38.0 Å². The van der Waals surface area contributed by atoms with Crippen molar-refractivity contribution in [3.8, 4) is 5.75 Å². The fourth-order valence-electron chi connectivity index (χ4n) is 2.61. The maximum Gasteiger partial charge on any atom is 0.239 e. The van der Waals surface area contributed by atoms with Crippen molar-refractivity contribution in [3.05, 3.63) is 65.2 Å². The molecule has 0 atom stereocenters. The van der Waals surface area contributed by atoms with Gasteiger partial charge in [0.1, 0.15) is 5.75 Å². The number of benzene rings is 2. The average Bonchev–Trinajstić information content (AvgIpc) is 2.70. The van der Waals surface area contributed by atoms with E-state index in [9.17, 15) is 4.79 Å². The normalized spacial score (nSPS) is 11.0. The first-order valence-electron chi connectivity index (χ1n) is 9.67. The maximum absolute atomic E-state index is 12.1. The molecule has 2 aromatic carbocycles. The molecule has 2 rings (SSSR count). The zero-order chi connectivity index (χ0) is 20.2. The second-order valence-electron chi connectivity index (χ2n) is 6.36. The van der Waals surface area contributed by atoms with E-state index in [4.69, 9.17) is 4.74 Å². The van der Waals surface area contributed by atoms with Gasteiger partial charge in [-0.15, -0.1) is 0 Å². The van der Waals surface area contributed by atoms with Crippen molar-refractivity contribution in [2.24, 2.45) is 4.99 Å². The SMILES string of the molecule is CCNC(=NCc1ccc(C)cc1OCC)NCC(=O)NCc1ccccc1. The van der Waals surface area contributed by atoms with Crippen LogP contribution in [0.5, 0.6) is 5.75 Å². The summed E-state index contributed by atoms with van der Waals surface area (Å²) in [5, 5.41) is 9.14. The highest BCUT2D eigenvalue weighted by Crippen LogP contribution is 2.21. The Labute approximate surface area is 167 Å². The summed E-state index contributed by atoms with van der Waals surface area (Å²) in [4.78, 5) is 16.7. The molecule has 0 bridgehead atoms. The molecule has 0 fully saturated rings. The van der Waals surface area contributed by atoms with Crippen molar-refractivity contribution >= 4 is 11.9 Å². The molecule has 28 heavy (non-hydrogen) atoms. The van der Waals surface area contributed by atoms with Crippen LogP contribution in [0.4, 0.5) is 0 Å². The molecule has 3 N–H and O–H groups in total. The summed E-state index contributed by atoms with van der Waals surface area (Å²) < 4.78 is 5.71. The fourth-order valence-corrected chi connectivity index (χ4v) is 2.61. The van der Waals surface area contributed by atoms with Crippen molar-refractivity contribution in [3.63, 3.8) is 0 Å². The van der Waals surface area contributed by atoms with Gasteiger partial charge in [-0.3, -0.25) is 4.79 Å². The van der Waals surface area contributed by atoms with Crippen LogP contribution >= 0.6 is 0 Å². The smallest absolute Gasteiger partial charge is 0.239 e. The second kappa shape index (κ2) is 11.6. The molecule has 2 aromatic rings. The van der Waals surface area contributed by atoms with Gasteiger partial charge in [0.15, 0.2) is 5.96 Å². The van der Waals surface area contributed by atoms with Crippen LogP contribution in [-0.4, -0.2) is 31.6 Å². The highest BCUT2D eigenvalue weighted by Gasteiger charge is 2.06. The Morgan fingerprint density at radius 2 is 1.82 bits per heavy atom. The van der Waals surface area contributed by atoms with Gasteiger partial charge in [0.05, 0.1) is 19.7 Å². The Bertz CT molecular complexity index is 775. The average molecular weight is 383 g/mol. The molecule has 0 heterocycles. The van der Waals surface area contributed by atoms with Gasteiger partial charge in [0, 0.05) is 18.7 Å². The summed E-state index contributed by atoms with van der Waals surface area (Å²) in [6.45, 7) is 8.45. The number of aryl methyl sites for hydroxylation is 1. The monoisotopic (exact) mass is 382 g/mol. The lowest BCUT2D eigenvalue weighted by atomic mass is 10.1. The van der Waals surface area contributed by atoms with Crippen LogP contribution in [0.1, 0.15) is 30.5 Å². The quantitative estimate of drug-likeness (QED) is 0.461. The summed E-state index contributed by atoms with van der Waals surface area (Å²) in [5.74, 6) is 1.36. The number of carbonyl (C=O) groups excluding carboxylic acids is 1. The van der Waals surface area contributed by atoms with Crippen LogP contribution in [0.15, 0.2) is 53.5 Å². The number of aliphatic imine (C=N–C) groups is 1. The number of nitrogens with zero attached hydrogens (tertiary/aromatic N) is 1. The Kier molecular flexibility index (Phi) is 8.85. The number of ether oxygens (including phenoxy) is 1. The molecular weight excluding hydrogens is 352 g/mol. The Hall–Kier alpha value is -3.02. The van der Waals surface area contributed by atoms with Gasteiger partial charge in [-0.25, -0.2) is 4.99 Å². The highest BCUT2D eigenvalue weighted by molar-refractivity contribution is 5.86. The van der Waals surface area contributed by atoms with Gasteiger partial charge in [0.25, 0.3) is 0 Å².